The molecule has 0 fully saturated rings. The van der Waals surface area contributed by atoms with Crippen LogP contribution in [0.25, 0.3) is 0 Å². The first kappa shape index (κ1) is 14.4. The number of nitrogens with one attached hydrogen (secondary N) is 1. The highest BCUT2D eigenvalue weighted by molar-refractivity contribution is 9.10. The molecule has 2 rings (SSSR count). The number of pyridine rings is 1. The van der Waals surface area contributed by atoms with Crippen LogP contribution in [0.3, 0.4) is 0 Å². The highest BCUT2D eigenvalue weighted by Crippen LogP contribution is 2.26. The van der Waals surface area contributed by atoms with Gasteiger partial charge in [0.2, 0.25) is 0 Å². The van der Waals surface area contributed by atoms with Gasteiger partial charge in [0.05, 0.1) is 16.8 Å². The van der Waals surface area contributed by atoms with Gasteiger partial charge in [0, 0.05) is 10.7 Å². The zero-order chi connectivity index (χ0) is 13.8. The van der Waals surface area contributed by atoms with Crippen LogP contribution < -0.4 is 11.3 Å². The van der Waals surface area contributed by atoms with Crippen LogP contribution in [0, 0.1) is 5.82 Å². The van der Waals surface area contributed by atoms with Crippen LogP contribution in [0.1, 0.15) is 17.3 Å². The van der Waals surface area contributed by atoms with Crippen LogP contribution in [0.4, 0.5) is 4.39 Å². The SMILES string of the molecule is NNC(Cc1cc(F)ccc1Br)c1ncccc1Cl. The maximum Gasteiger partial charge on any atom is 0.123 e. The van der Waals surface area contributed by atoms with E-state index in [0.29, 0.717) is 17.1 Å². The number of hydrazine groups is 1. The molecule has 1 atom stereocenters. The Labute approximate surface area is 124 Å². The van der Waals surface area contributed by atoms with Crippen molar-refractivity contribution >= 4 is 27.5 Å². The molecule has 1 heterocycles. The molecule has 19 heavy (non-hydrogen) atoms. The molecule has 1 aromatic heterocycles. The fraction of sp³-hybridized carbons (Fsp3) is 0.154. The normalized spacial score (nSPS) is 12.4. The molecule has 0 saturated heterocycles. The second-order valence-corrected chi connectivity index (χ2v) is 5.29. The van der Waals surface area contributed by atoms with E-state index < -0.39 is 0 Å². The Bertz CT molecular complexity index is 580. The molecule has 6 heteroatoms. The van der Waals surface area contributed by atoms with E-state index in [1.807, 2.05) is 0 Å². The molecule has 100 valence electrons. The third kappa shape index (κ3) is 3.51. The van der Waals surface area contributed by atoms with Gasteiger partial charge >= 0.3 is 0 Å². The summed E-state index contributed by atoms with van der Waals surface area (Å²) in [5.74, 6) is 5.26. The Morgan fingerprint density at radius 3 is 2.89 bits per heavy atom. The summed E-state index contributed by atoms with van der Waals surface area (Å²) in [5, 5.41) is 0.526. The minimum absolute atomic E-state index is 0.285. The van der Waals surface area contributed by atoms with Crippen molar-refractivity contribution in [3.05, 3.63) is 63.1 Å². The lowest BCUT2D eigenvalue weighted by atomic mass is 10.0. The Kier molecular flexibility index (Phi) is 4.87. The maximum absolute atomic E-state index is 13.3. The van der Waals surface area contributed by atoms with Crippen LogP contribution in [-0.2, 0) is 6.42 Å². The van der Waals surface area contributed by atoms with E-state index in [2.05, 4.69) is 26.3 Å². The molecule has 0 radical (unpaired) electrons. The summed E-state index contributed by atoms with van der Waals surface area (Å²) in [7, 11) is 0. The Hall–Kier alpha value is -1.01. The van der Waals surface area contributed by atoms with E-state index in [1.54, 1.807) is 24.4 Å². The number of hydrogen-bond donors (Lipinski definition) is 2. The Balaban J connectivity index is 2.29. The Morgan fingerprint density at radius 2 is 2.21 bits per heavy atom. The second kappa shape index (κ2) is 6.43. The van der Waals surface area contributed by atoms with Crippen molar-refractivity contribution in [2.75, 3.05) is 0 Å². The van der Waals surface area contributed by atoms with Gasteiger partial charge in [-0.3, -0.25) is 16.3 Å². The largest absolute Gasteiger partial charge is 0.271 e. The molecule has 0 amide bonds. The van der Waals surface area contributed by atoms with E-state index in [9.17, 15) is 4.39 Å². The number of nitrogens with zero attached hydrogens (tertiary/aromatic N) is 1. The quantitative estimate of drug-likeness (QED) is 0.660. The van der Waals surface area contributed by atoms with E-state index in [0.717, 1.165) is 10.0 Å². The van der Waals surface area contributed by atoms with Crippen molar-refractivity contribution in [2.24, 2.45) is 5.84 Å². The minimum Gasteiger partial charge on any atom is -0.271 e. The van der Waals surface area contributed by atoms with Crippen molar-refractivity contribution in [2.45, 2.75) is 12.5 Å². The summed E-state index contributed by atoms with van der Waals surface area (Å²) >= 11 is 9.48. The summed E-state index contributed by atoms with van der Waals surface area (Å²) < 4.78 is 14.1. The molecule has 1 aromatic carbocycles. The summed E-state index contributed by atoms with van der Waals surface area (Å²) in [6.45, 7) is 0. The van der Waals surface area contributed by atoms with Crippen LogP contribution in [-0.4, -0.2) is 4.98 Å². The first-order valence-electron chi connectivity index (χ1n) is 5.62. The van der Waals surface area contributed by atoms with E-state index >= 15 is 0 Å². The highest BCUT2D eigenvalue weighted by atomic mass is 79.9. The van der Waals surface area contributed by atoms with Crippen molar-refractivity contribution in [3.8, 4) is 0 Å². The third-order valence-corrected chi connectivity index (χ3v) is 3.84. The second-order valence-electron chi connectivity index (χ2n) is 4.03. The van der Waals surface area contributed by atoms with Gasteiger partial charge in [-0.05, 0) is 42.3 Å². The molecular formula is C13H12BrClFN3. The topological polar surface area (TPSA) is 50.9 Å². The van der Waals surface area contributed by atoms with E-state index in [4.69, 9.17) is 17.4 Å². The first-order chi connectivity index (χ1) is 9.11. The molecule has 1 unspecified atom stereocenters. The molecule has 0 aliphatic carbocycles. The number of rotatable bonds is 4. The molecule has 0 spiro atoms. The lowest BCUT2D eigenvalue weighted by Gasteiger charge is -2.17. The van der Waals surface area contributed by atoms with Crippen LogP contribution in [0.5, 0.6) is 0 Å². The van der Waals surface area contributed by atoms with E-state index in [1.165, 1.54) is 12.1 Å². The van der Waals surface area contributed by atoms with Crippen molar-refractivity contribution in [1.82, 2.24) is 10.4 Å². The van der Waals surface area contributed by atoms with Gasteiger partial charge in [0.1, 0.15) is 5.82 Å². The fourth-order valence-electron chi connectivity index (χ4n) is 1.81. The minimum atomic E-state index is -0.291. The van der Waals surface area contributed by atoms with Gasteiger partial charge in [0.25, 0.3) is 0 Å². The molecular weight excluding hydrogens is 333 g/mol. The maximum atomic E-state index is 13.3. The predicted octanol–water partition coefficient (Wildman–Crippen LogP) is 3.38. The molecule has 3 N–H and O–H groups in total. The molecule has 0 bridgehead atoms. The van der Waals surface area contributed by atoms with E-state index in [-0.39, 0.29) is 11.9 Å². The number of hydrogen-bond acceptors (Lipinski definition) is 3. The van der Waals surface area contributed by atoms with Gasteiger partial charge in [-0.25, -0.2) is 4.39 Å². The average molecular weight is 345 g/mol. The lowest BCUT2D eigenvalue weighted by Crippen LogP contribution is -2.30. The predicted molar refractivity (Wildman–Crippen MR) is 77.1 cm³/mol. The molecule has 0 aliphatic heterocycles. The van der Waals surface area contributed by atoms with Gasteiger partial charge in [-0.2, -0.15) is 0 Å². The van der Waals surface area contributed by atoms with Crippen LogP contribution in [0.2, 0.25) is 5.02 Å². The van der Waals surface area contributed by atoms with Crippen molar-refractivity contribution in [3.63, 3.8) is 0 Å². The number of benzene rings is 1. The smallest absolute Gasteiger partial charge is 0.123 e. The third-order valence-electron chi connectivity index (χ3n) is 2.75. The number of aromatic nitrogens is 1. The lowest BCUT2D eigenvalue weighted by molar-refractivity contribution is 0.535. The van der Waals surface area contributed by atoms with Gasteiger partial charge in [-0.15, -0.1) is 0 Å². The zero-order valence-electron chi connectivity index (χ0n) is 9.91. The Morgan fingerprint density at radius 1 is 1.42 bits per heavy atom. The summed E-state index contributed by atoms with van der Waals surface area (Å²) in [5.41, 5.74) is 4.10. The molecule has 0 aliphatic rings. The van der Waals surface area contributed by atoms with Gasteiger partial charge < -0.3 is 0 Å². The van der Waals surface area contributed by atoms with Crippen molar-refractivity contribution < 1.29 is 4.39 Å². The van der Waals surface area contributed by atoms with Crippen LogP contribution >= 0.6 is 27.5 Å². The summed E-state index contributed by atoms with van der Waals surface area (Å²) in [6.07, 6.45) is 2.12. The average Bonchev–Trinajstić information content (AvgIpc) is 2.41. The van der Waals surface area contributed by atoms with Gasteiger partial charge in [0.15, 0.2) is 0 Å². The standard InChI is InChI=1S/C13H12BrClFN3/c14-10-4-3-9(16)6-8(10)7-12(19-17)13-11(15)2-1-5-18-13/h1-6,12,19H,7,17H2. The number of halogens is 3. The van der Waals surface area contributed by atoms with Crippen molar-refractivity contribution in [1.29, 1.82) is 0 Å². The molecule has 0 saturated carbocycles. The molecule has 3 nitrogen and oxygen atoms in total. The monoisotopic (exact) mass is 343 g/mol. The molecule has 2 aromatic rings. The number of nitrogens with two attached hydrogens (primary N) is 1. The fourth-order valence-corrected chi connectivity index (χ4v) is 2.47. The van der Waals surface area contributed by atoms with Gasteiger partial charge in [-0.1, -0.05) is 27.5 Å². The highest BCUT2D eigenvalue weighted by Gasteiger charge is 2.16. The summed E-state index contributed by atoms with van der Waals surface area (Å²) in [6, 6.07) is 7.73. The zero-order valence-corrected chi connectivity index (χ0v) is 12.2. The van der Waals surface area contributed by atoms with Crippen LogP contribution in [0.15, 0.2) is 41.0 Å². The first-order valence-corrected chi connectivity index (χ1v) is 6.79. The summed E-state index contributed by atoms with van der Waals surface area (Å²) in [4.78, 5) is 4.21.